The summed E-state index contributed by atoms with van der Waals surface area (Å²) in [7, 11) is 0. The molecule has 0 atom stereocenters. The molecule has 114 valence electrons. The Balaban J connectivity index is 1.43. The second-order valence-electron chi connectivity index (χ2n) is 6.43. The molecule has 0 aromatic heterocycles. The van der Waals surface area contributed by atoms with Gasteiger partial charge in [0, 0.05) is 24.5 Å². The summed E-state index contributed by atoms with van der Waals surface area (Å²) in [6, 6.07) is 0. The fourth-order valence-corrected chi connectivity index (χ4v) is 3.29. The number of hydrogen-bond acceptors (Lipinski definition) is 2. The Bertz CT molecular complexity index is 269. The van der Waals surface area contributed by atoms with Gasteiger partial charge in [-0.3, -0.25) is 9.98 Å². The fraction of sp³-hybridized carbons (Fsp3) is 0.889. The maximum absolute atomic E-state index is 4.76. The Morgan fingerprint density at radius 2 is 0.900 bits per heavy atom. The normalized spacial score (nSPS) is 20.0. The molecular weight excluding hydrogens is 244 g/mol. The molecule has 2 saturated carbocycles. The van der Waals surface area contributed by atoms with E-state index in [1.165, 1.54) is 101 Å². The minimum absolute atomic E-state index is 1.07. The van der Waals surface area contributed by atoms with Gasteiger partial charge in [0.15, 0.2) is 0 Å². The summed E-state index contributed by atoms with van der Waals surface area (Å²) in [6.45, 7) is 2.15. The van der Waals surface area contributed by atoms with E-state index < -0.39 is 0 Å². The molecule has 0 unspecified atom stereocenters. The summed E-state index contributed by atoms with van der Waals surface area (Å²) in [5, 5.41) is 0. The predicted molar refractivity (Wildman–Crippen MR) is 89.2 cm³/mol. The largest absolute Gasteiger partial charge is 0.294 e. The van der Waals surface area contributed by atoms with Crippen LogP contribution in [0.3, 0.4) is 0 Å². The van der Waals surface area contributed by atoms with Crippen molar-refractivity contribution in [3.8, 4) is 0 Å². The smallest absolute Gasteiger partial charge is 0.0388 e. The van der Waals surface area contributed by atoms with E-state index in [9.17, 15) is 0 Å². The lowest BCUT2D eigenvalue weighted by atomic mass is 9.98. The van der Waals surface area contributed by atoms with Crippen LogP contribution in [0.1, 0.15) is 89.9 Å². The Morgan fingerprint density at radius 3 is 1.30 bits per heavy atom. The first-order valence-corrected chi connectivity index (χ1v) is 8.99. The Morgan fingerprint density at radius 1 is 0.500 bits per heavy atom. The van der Waals surface area contributed by atoms with Crippen molar-refractivity contribution in [1.82, 2.24) is 0 Å². The van der Waals surface area contributed by atoms with Crippen molar-refractivity contribution >= 4 is 11.4 Å². The number of nitrogens with zero attached hydrogens (tertiary/aromatic N) is 2. The zero-order valence-corrected chi connectivity index (χ0v) is 13.2. The van der Waals surface area contributed by atoms with Crippen LogP contribution in [0.4, 0.5) is 0 Å². The predicted octanol–water partition coefficient (Wildman–Crippen LogP) is 5.36. The van der Waals surface area contributed by atoms with Gasteiger partial charge in [-0.1, -0.05) is 25.7 Å². The molecule has 0 N–H and O–H groups in total. The van der Waals surface area contributed by atoms with Crippen LogP contribution < -0.4 is 0 Å². The first-order chi connectivity index (χ1) is 9.95. The molecule has 0 saturated heterocycles. The van der Waals surface area contributed by atoms with E-state index in [1.807, 2.05) is 0 Å². The molecule has 2 aliphatic carbocycles. The number of unbranched alkanes of at least 4 members (excludes halogenated alkanes) is 3. The Labute approximate surface area is 125 Å². The molecule has 20 heavy (non-hydrogen) atoms. The molecule has 2 rings (SSSR count). The van der Waals surface area contributed by atoms with Gasteiger partial charge in [-0.15, -0.1) is 0 Å². The summed E-state index contributed by atoms with van der Waals surface area (Å²) >= 11 is 0. The van der Waals surface area contributed by atoms with Gasteiger partial charge >= 0.3 is 0 Å². The lowest BCUT2D eigenvalue weighted by Crippen LogP contribution is -2.05. The van der Waals surface area contributed by atoms with E-state index >= 15 is 0 Å². The molecule has 0 aliphatic heterocycles. The number of rotatable bonds is 7. The van der Waals surface area contributed by atoms with E-state index in [1.54, 1.807) is 0 Å². The molecule has 0 spiro atoms. The van der Waals surface area contributed by atoms with Crippen molar-refractivity contribution in [2.75, 3.05) is 13.1 Å². The minimum Gasteiger partial charge on any atom is -0.294 e. The van der Waals surface area contributed by atoms with Crippen LogP contribution in [-0.2, 0) is 0 Å². The lowest BCUT2D eigenvalue weighted by Gasteiger charge is -2.12. The van der Waals surface area contributed by atoms with E-state index in [0.29, 0.717) is 0 Å². The Hall–Kier alpha value is -0.660. The van der Waals surface area contributed by atoms with Crippen molar-refractivity contribution in [2.45, 2.75) is 89.9 Å². The quantitative estimate of drug-likeness (QED) is 0.559. The van der Waals surface area contributed by atoms with Crippen LogP contribution in [0.15, 0.2) is 9.98 Å². The molecule has 2 aliphatic rings. The average molecular weight is 276 g/mol. The van der Waals surface area contributed by atoms with Gasteiger partial charge in [-0.2, -0.15) is 0 Å². The van der Waals surface area contributed by atoms with Crippen LogP contribution in [-0.4, -0.2) is 24.5 Å². The summed E-state index contributed by atoms with van der Waals surface area (Å²) < 4.78 is 0. The van der Waals surface area contributed by atoms with Crippen molar-refractivity contribution in [3.63, 3.8) is 0 Å². The molecule has 0 heterocycles. The van der Waals surface area contributed by atoms with Crippen LogP contribution in [0.25, 0.3) is 0 Å². The van der Waals surface area contributed by atoms with E-state index in [0.717, 1.165) is 13.1 Å². The third-order valence-corrected chi connectivity index (χ3v) is 4.60. The SMILES string of the molecule is C(CCCN=C1CCCCC1)CCN=C1CCCCC1. The van der Waals surface area contributed by atoms with Gasteiger partial charge in [0.25, 0.3) is 0 Å². The van der Waals surface area contributed by atoms with Crippen LogP contribution in [0.2, 0.25) is 0 Å². The summed E-state index contributed by atoms with van der Waals surface area (Å²) in [4.78, 5) is 9.53. The van der Waals surface area contributed by atoms with Gasteiger partial charge in [-0.25, -0.2) is 0 Å². The van der Waals surface area contributed by atoms with Gasteiger partial charge < -0.3 is 0 Å². The molecule has 2 nitrogen and oxygen atoms in total. The lowest BCUT2D eigenvalue weighted by molar-refractivity contribution is 0.634. The third-order valence-electron chi connectivity index (χ3n) is 4.60. The van der Waals surface area contributed by atoms with Gasteiger partial charge in [-0.05, 0) is 64.2 Å². The van der Waals surface area contributed by atoms with Gasteiger partial charge in [0.1, 0.15) is 0 Å². The average Bonchev–Trinajstić information content (AvgIpc) is 2.52. The van der Waals surface area contributed by atoms with E-state index in [-0.39, 0.29) is 0 Å². The third kappa shape index (κ3) is 6.67. The summed E-state index contributed by atoms with van der Waals surface area (Å²) in [5.74, 6) is 0. The molecule has 0 bridgehead atoms. The van der Waals surface area contributed by atoms with Crippen molar-refractivity contribution in [1.29, 1.82) is 0 Å². The zero-order valence-electron chi connectivity index (χ0n) is 13.2. The number of aliphatic imine (C=N–C) groups is 2. The van der Waals surface area contributed by atoms with E-state index in [2.05, 4.69) is 0 Å². The summed E-state index contributed by atoms with van der Waals surface area (Å²) in [6.07, 6.45) is 18.7. The van der Waals surface area contributed by atoms with Crippen LogP contribution >= 0.6 is 0 Å². The van der Waals surface area contributed by atoms with Crippen LogP contribution in [0.5, 0.6) is 0 Å². The van der Waals surface area contributed by atoms with E-state index in [4.69, 9.17) is 9.98 Å². The first-order valence-electron chi connectivity index (χ1n) is 8.99. The first kappa shape index (κ1) is 15.7. The monoisotopic (exact) mass is 276 g/mol. The maximum Gasteiger partial charge on any atom is 0.0388 e. The fourth-order valence-electron chi connectivity index (χ4n) is 3.29. The molecule has 2 fully saturated rings. The molecule has 0 amide bonds. The van der Waals surface area contributed by atoms with Crippen LogP contribution in [0, 0.1) is 0 Å². The minimum atomic E-state index is 1.07. The molecule has 0 aromatic rings. The molecular formula is C18H32N2. The van der Waals surface area contributed by atoms with Gasteiger partial charge in [0.05, 0.1) is 0 Å². The van der Waals surface area contributed by atoms with Crippen molar-refractivity contribution < 1.29 is 0 Å². The Kier molecular flexibility index (Phi) is 7.96. The zero-order chi connectivity index (χ0) is 13.9. The second-order valence-corrected chi connectivity index (χ2v) is 6.43. The highest BCUT2D eigenvalue weighted by molar-refractivity contribution is 5.85. The molecule has 2 heteroatoms. The standard InChI is InChI=1S/C18H32N2/c1(9-15-19-17-11-5-3-6-12-17)2-10-16-20-18-13-7-4-8-14-18/h1-16H2. The molecule has 0 radical (unpaired) electrons. The van der Waals surface area contributed by atoms with Crippen molar-refractivity contribution in [3.05, 3.63) is 0 Å². The maximum atomic E-state index is 4.76. The molecule has 0 aromatic carbocycles. The highest BCUT2D eigenvalue weighted by Gasteiger charge is 2.06. The topological polar surface area (TPSA) is 24.7 Å². The number of hydrogen-bond donors (Lipinski definition) is 0. The second kappa shape index (κ2) is 10.1. The van der Waals surface area contributed by atoms with Gasteiger partial charge in [0.2, 0.25) is 0 Å². The summed E-state index contributed by atoms with van der Waals surface area (Å²) in [5.41, 5.74) is 3.00. The van der Waals surface area contributed by atoms with Crippen molar-refractivity contribution in [2.24, 2.45) is 9.98 Å². The highest BCUT2D eigenvalue weighted by atomic mass is 14.7. The highest BCUT2D eigenvalue weighted by Crippen LogP contribution is 2.16.